The minimum Gasteiger partial charge on any atom is -0.459 e. The van der Waals surface area contributed by atoms with Crippen LogP contribution in [0.25, 0.3) is 0 Å². The molecule has 1 N–H and O–H groups in total. The van der Waals surface area contributed by atoms with Crippen LogP contribution in [0.2, 0.25) is 0 Å². The van der Waals surface area contributed by atoms with Crippen LogP contribution >= 0.6 is 0 Å². The quantitative estimate of drug-likeness (QED) is 0.630. The fraction of sp³-hybridized carbons (Fsp3) is 0.480. The zero-order valence-corrected chi connectivity index (χ0v) is 16.9. The lowest BCUT2D eigenvalue weighted by Gasteiger charge is -2.47. The molecule has 3 saturated heterocycles. The molecule has 4 heteroatoms. The number of rotatable bonds is 4. The fourth-order valence-corrected chi connectivity index (χ4v) is 6.30. The highest BCUT2D eigenvalue weighted by molar-refractivity contribution is 5.85. The van der Waals surface area contributed by atoms with Crippen molar-refractivity contribution in [3.05, 3.63) is 71.8 Å². The molecule has 0 aliphatic carbocycles. The Bertz CT molecular complexity index is 805. The third kappa shape index (κ3) is 3.01. The number of benzene rings is 2. The lowest BCUT2D eigenvalue weighted by atomic mass is 9.95. The standard InChI is InChI=1S/C25H30NO3/c27-24(25(28,19-9-3-1-4-10-19)20-11-5-2-6-12-20)29-23-17-21-13-14-22(18-23)26(21)15-7-8-16-26/h1-6,9-12,21-23,28H,7-8,13-18H2/q+1/i1+1,3+1,4+1,9+1,10+1,19+1. The van der Waals surface area contributed by atoms with E-state index in [9.17, 15) is 9.90 Å². The number of ether oxygens (including phenoxy) is 1. The van der Waals surface area contributed by atoms with Crippen molar-refractivity contribution in [2.45, 2.75) is 62.3 Å². The molecule has 3 atom stereocenters. The molecule has 3 aliphatic rings. The van der Waals surface area contributed by atoms with E-state index < -0.39 is 11.6 Å². The molecule has 2 aromatic rings. The van der Waals surface area contributed by atoms with Crippen molar-refractivity contribution < 1.29 is 19.1 Å². The Hall–Kier alpha value is -2.17. The van der Waals surface area contributed by atoms with Gasteiger partial charge in [0.2, 0.25) is 5.60 Å². The molecule has 5 rings (SSSR count). The molecule has 0 saturated carbocycles. The van der Waals surface area contributed by atoms with Gasteiger partial charge in [-0.25, -0.2) is 4.79 Å². The lowest BCUT2D eigenvalue weighted by molar-refractivity contribution is -0.956. The SMILES string of the molecule is O=C(OC1CC2CCC(C1)[N+]21CCCC1)C(O)(c1ccccc1)[13c]1[13cH][13cH][13cH][13cH][13cH]1. The average Bonchev–Trinajstić information content (AvgIpc) is 3.31. The van der Waals surface area contributed by atoms with Gasteiger partial charge in [0.1, 0.15) is 6.10 Å². The maximum absolute atomic E-state index is 13.4. The minimum absolute atomic E-state index is 0.0942. The molecule has 0 amide bonds. The summed E-state index contributed by atoms with van der Waals surface area (Å²) in [6.07, 6.45) is 6.94. The maximum Gasteiger partial charge on any atom is 0.347 e. The molecular weight excluding hydrogens is 368 g/mol. The third-order valence-corrected chi connectivity index (χ3v) is 7.71. The summed E-state index contributed by atoms with van der Waals surface area (Å²) in [5, 5.41) is 11.6. The minimum atomic E-state index is -1.78. The average molecular weight is 398 g/mol. The normalized spacial score (nSPS) is 29.5. The summed E-state index contributed by atoms with van der Waals surface area (Å²) in [7, 11) is 0. The van der Waals surface area contributed by atoms with E-state index >= 15 is 0 Å². The third-order valence-electron chi connectivity index (χ3n) is 7.71. The van der Waals surface area contributed by atoms with Gasteiger partial charge in [-0.3, -0.25) is 0 Å². The van der Waals surface area contributed by atoms with E-state index in [-0.39, 0.29) is 6.10 Å². The van der Waals surface area contributed by atoms with Crippen molar-refractivity contribution in [1.29, 1.82) is 0 Å². The van der Waals surface area contributed by atoms with E-state index in [1.54, 1.807) is 24.3 Å². The van der Waals surface area contributed by atoms with Crippen molar-refractivity contribution in [3.8, 4) is 0 Å². The monoisotopic (exact) mass is 398 g/mol. The van der Waals surface area contributed by atoms with Gasteiger partial charge in [-0.1, -0.05) is 60.7 Å². The van der Waals surface area contributed by atoms with Crippen LogP contribution in [0.15, 0.2) is 60.7 Å². The number of carbonyl (C=O) groups excluding carboxylic acids is 1. The van der Waals surface area contributed by atoms with Gasteiger partial charge in [0, 0.05) is 38.5 Å². The van der Waals surface area contributed by atoms with Crippen LogP contribution in [0, 0.1) is 0 Å². The first kappa shape index (κ1) is 18.8. The molecule has 0 aromatic heterocycles. The van der Waals surface area contributed by atoms with E-state index in [2.05, 4.69) is 0 Å². The number of piperidine rings is 1. The van der Waals surface area contributed by atoms with E-state index in [4.69, 9.17) is 4.74 Å². The summed E-state index contributed by atoms with van der Waals surface area (Å²) in [4.78, 5) is 13.4. The zero-order valence-electron chi connectivity index (χ0n) is 16.9. The zero-order chi connectivity index (χ0) is 19.9. The summed E-state index contributed by atoms with van der Waals surface area (Å²) >= 11 is 0. The number of aliphatic hydroxyl groups is 1. The summed E-state index contributed by atoms with van der Waals surface area (Å²) in [6, 6.07) is 19.6. The molecule has 1 spiro atoms. The van der Waals surface area contributed by atoms with Crippen LogP contribution in [0.3, 0.4) is 0 Å². The molecule has 152 valence electrons. The Labute approximate surface area is 172 Å². The van der Waals surface area contributed by atoms with Crippen molar-refractivity contribution in [3.63, 3.8) is 0 Å². The second kappa shape index (κ2) is 7.26. The van der Waals surface area contributed by atoms with Crippen molar-refractivity contribution in [2.75, 3.05) is 13.1 Å². The van der Waals surface area contributed by atoms with E-state index in [0.29, 0.717) is 23.2 Å². The molecule has 2 bridgehead atoms. The highest BCUT2D eigenvalue weighted by Crippen LogP contribution is 2.46. The predicted octanol–water partition coefficient (Wildman–Crippen LogP) is 3.77. The largest absolute Gasteiger partial charge is 0.459 e. The first-order valence-electron chi connectivity index (χ1n) is 11.0. The number of nitrogens with zero attached hydrogens (tertiary/aromatic N) is 1. The van der Waals surface area contributed by atoms with E-state index in [1.165, 1.54) is 43.3 Å². The molecule has 3 heterocycles. The van der Waals surface area contributed by atoms with Gasteiger partial charge in [0.25, 0.3) is 0 Å². The Morgan fingerprint density at radius 2 is 1.34 bits per heavy atom. The molecule has 3 unspecified atom stereocenters. The van der Waals surface area contributed by atoms with Crippen molar-refractivity contribution >= 4 is 5.97 Å². The summed E-state index contributed by atoms with van der Waals surface area (Å²) in [6.45, 7) is 2.60. The van der Waals surface area contributed by atoms with E-state index in [1.807, 2.05) is 36.4 Å². The number of esters is 1. The molecule has 4 nitrogen and oxygen atoms in total. The molecule has 0 radical (unpaired) electrons. The van der Waals surface area contributed by atoms with Gasteiger partial charge in [0.05, 0.1) is 25.2 Å². The van der Waals surface area contributed by atoms with E-state index in [0.717, 1.165) is 12.8 Å². The predicted molar refractivity (Wildman–Crippen MR) is 111 cm³/mol. The van der Waals surface area contributed by atoms with Crippen LogP contribution in [-0.4, -0.2) is 46.8 Å². The first-order valence-corrected chi connectivity index (χ1v) is 11.0. The van der Waals surface area contributed by atoms with Crippen molar-refractivity contribution in [2.24, 2.45) is 0 Å². The molecule has 2 aromatic carbocycles. The Kier molecular flexibility index (Phi) is 4.72. The van der Waals surface area contributed by atoms with Gasteiger partial charge in [-0.05, 0) is 11.1 Å². The van der Waals surface area contributed by atoms with Crippen LogP contribution in [0.1, 0.15) is 49.7 Å². The summed E-state index contributed by atoms with van der Waals surface area (Å²) < 4.78 is 7.32. The Morgan fingerprint density at radius 3 is 1.83 bits per heavy atom. The molecular formula is C25H30NO3+. The second-order valence-corrected chi connectivity index (χ2v) is 9.08. The number of hydrogen-bond donors (Lipinski definition) is 1. The fourth-order valence-electron chi connectivity index (χ4n) is 6.30. The number of carbonyl (C=O) groups is 1. The Morgan fingerprint density at radius 1 is 0.862 bits per heavy atom. The molecule has 3 fully saturated rings. The topological polar surface area (TPSA) is 46.5 Å². The second-order valence-electron chi connectivity index (χ2n) is 9.08. The lowest BCUT2D eigenvalue weighted by Crippen LogP contribution is -2.60. The van der Waals surface area contributed by atoms with Crippen LogP contribution < -0.4 is 0 Å². The highest BCUT2D eigenvalue weighted by atomic mass is 16.6. The van der Waals surface area contributed by atoms with Gasteiger partial charge in [-0.2, -0.15) is 0 Å². The van der Waals surface area contributed by atoms with Gasteiger partial charge < -0.3 is 14.3 Å². The number of quaternary nitrogens is 1. The van der Waals surface area contributed by atoms with Crippen LogP contribution in [0.5, 0.6) is 0 Å². The molecule has 3 aliphatic heterocycles. The van der Waals surface area contributed by atoms with Gasteiger partial charge in [-0.15, -0.1) is 0 Å². The summed E-state index contributed by atoms with van der Waals surface area (Å²) in [5.74, 6) is -0.547. The summed E-state index contributed by atoms with van der Waals surface area (Å²) in [5.41, 5.74) is -0.671. The smallest absolute Gasteiger partial charge is 0.347 e. The van der Waals surface area contributed by atoms with Crippen LogP contribution in [0.4, 0.5) is 0 Å². The first-order chi connectivity index (χ1) is 14.1. The molecule has 29 heavy (non-hydrogen) atoms. The highest BCUT2D eigenvalue weighted by Gasteiger charge is 2.56. The maximum atomic E-state index is 13.4. The van der Waals surface area contributed by atoms with Crippen molar-refractivity contribution in [1.82, 2.24) is 0 Å². The Balaban J connectivity index is 1.40. The number of hydrogen-bond acceptors (Lipinski definition) is 3. The van der Waals surface area contributed by atoms with Gasteiger partial charge in [0.15, 0.2) is 0 Å². The van der Waals surface area contributed by atoms with Crippen LogP contribution in [-0.2, 0) is 15.1 Å². The van der Waals surface area contributed by atoms with Gasteiger partial charge >= 0.3 is 5.97 Å².